The van der Waals surface area contributed by atoms with Crippen molar-refractivity contribution in [3.05, 3.63) is 89.5 Å². The topological polar surface area (TPSA) is 37.4 Å². The van der Waals surface area contributed by atoms with E-state index in [2.05, 4.69) is 0 Å². The zero-order chi connectivity index (χ0) is 17.6. The van der Waals surface area contributed by atoms with E-state index in [0.29, 0.717) is 27.9 Å². The van der Waals surface area contributed by atoms with E-state index in [9.17, 15) is 18.4 Å². The van der Waals surface area contributed by atoms with Gasteiger partial charge in [0.25, 0.3) is 11.8 Å². The molecule has 0 aliphatic carbocycles. The van der Waals surface area contributed by atoms with Gasteiger partial charge in [-0.05, 0) is 47.5 Å². The van der Waals surface area contributed by atoms with Gasteiger partial charge in [-0.15, -0.1) is 0 Å². The largest absolute Gasteiger partial charge is 0.268 e. The molecule has 0 radical (unpaired) electrons. The molecule has 1 aliphatic heterocycles. The highest BCUT2D eigenvalue weighted by atomic mass is 19.1. The average Bonchev–Trinajstić information content (AvgIpc) is 2.86. The van der Waals surface area contributed by atoms with Crippen molar-refractivity contribution < 1.29 is 18.4 Å². The molecule has 122 valence electrons. The maximum atomic E-state index is 13.4. The van der Waals surface area contributed by atoms with Gasteiger partial charge in [-0.25, -0.2) is 13.7 Å². The number of benzene rings is 3. The van der Waals surface area contributed by atoms with Gasteiger partial charge in [0.1, 0.15) is 11.6 Å². The number of carbonyl (C=O) groups is 2. The summed E-state index contributed by atoms with van der Waals surface area (Å²) in [7, 11) is 0. The lowest BCUT2D eigenvalue weighted by Crippen LogP contribution is -2.29. The molecular weight excluding hydrogens is 324 g/mol. The first-order chi connectivity index (χ1) is 12.0. The Balaban J connectivity index is 1.70. The Hall–Kier alpha value is -3.34. The Labute approximate surface area is 142 Å². The van der Waals surface area contributed by atoms with E-state index >= 15 is 0 Å². The quantitative estimate of drug-likeness (QED) is 0.650. The van der Waals surface area contributed by atoms with Crippen molar-refractivity contribution in [2.75, 3.05) is 4.90 Å². The van der Waals surface area contributed by atoms with Crippen molar-refractivity contribution in [1.82, 2.24) is 0 Å². The second kappa shape index (κ2) is 5.63. The molecule has 0 fully saturated rings. The van der Waals surface area contributed by atoms with Gasteiger partial charge in [0.15, 0.2) is 0 Å². The van der Waals surface area contributed by atoms with E-state index in [0.717, 1.165) is 11.0 Å². The molecule has 0 aromatic heterocycles. The van der Waals surface area contributed by atoms with Crippen molar-refractivity contribution >= 4 is 17.5 Å². The number of nitrogens with zero attached hydrogens (tertiary/aromatic N) is 1. The summed E-state index contributed by atoms with van der Waals surface area (Å²) in [6.07, 6.45) is 0. The molecule has 1 heterocycles. The Morgan fingerprint density at radius 1 is 0.640 bits per heavy atom. The van der Waals surface area contributed by atoms with E-state index < -0.39 is 11.6 Å². The molecule has 0 unspecified atom stereocenters. The van der Waals surface area contributed by atoms with Crippen LogP contribution in [0.4, 0.5) is 14.5 Å². The second-order valence-corrected chi connectivity index (χ2v) is 5.70. The smallest absolute Gasteiger partial charge is 0.266 e. The number of halogens is 2. The first-order valence-corrected chi connectivity index (χ1v) is 7.59. The summed E-state index contributed by atoms with van der Waals surface area (Å²) in [5.41, 5.74) is 2.10. The van der Waals surface area contributed by atoms with Crippen molar-refractivity contribution in [3.8, 4) is 11.1 Å². The highest BCUT2D eigenvalue weighted by Gasteiger charge is 2.36. The van der Waals surface area contributed by atoms with Gasteiger partial charge in [-0.1, -0.05) is 24.3 Å². The van der Waals surface area contributed by atoms with Crippen LogP contribution in [0.15, 0.2) is 66.7 Å². The number of hydrogen-bond donors (Lipinski definition) is 0. The second-order valence-electron chi connectivity index (χ2n) is 5.70. The predicted octanol–water partition coefficient (Wildman–Crippen LogP) is 4.43. The van der Waals surface area contributed by atoms with E-state index in [1.165, 1.54) is 12.1 Å². The lowest BCUT2D eigenvalue weighted by Gasteiger charge is -2.14. The highest BCUT2D eigenvalue weighted by Crippen LogP contribution is 2.30. The third-order valence-electron chi connectivity index (χ3n) is 4.12. The number of imide groups is 1. The fourth-order valence-corrected chi connectivity index (χ4v) is 2.95. The van der Waals surface area contributed by atoms with Crippen LogP contribution in [0, 0.1) is 11.6 Å². The van der Waals surface area contributed by atoms with Gasteiger partial charge >= 0.3 is 0 Å². The summed E-state index contributed by atoms with van der Waals surface area (Å²) in [5, 5.41) is 0. The molecule has 25 heavy (non-hydrogen) atoms. The van der Waals surface area contributed by atoms with Crippen molar-refractivity contribution in [3.63, 3.8) is 0 Å². The summed E-state index contributed by atoms with van der Waals surface area (Å²) >= 11 is 0. The average molecular weight is 335 g/mol. The lowest BCUT2D eigenvalue weighted by atomic mass is 10.0. The maximum absolute atomic E-state index is 13.4. The lowest BCUT2D eigenvalue weighted by molar-refractivity contribution is 0.0926. The molecule has 0 spiro atoms. The molecule has 3 aromatic carbocycles. The summed E-state index contributed by atoms with van der Waals surface area (Å²) in [4.78, 5) is 26.0. The van der Waals surface area contributed by atoms with Crippen molar-refractivity contribution in [1.29, 1.82) is 0 Å². The van der Waals surface area contributed by atoms with Crippen LogP contribution in [0.2, 0.25) is 0 Å². The molecule has 2 amide bonds. The van der Waals surface area contributed by atoms with Gasteiger partial charge in [-0.3, -0.25) is 9.59 Å². The van der Waals surface area contributed by atoms with Gasteiger partial charge in [0, 0.05) is 6.07 Å². The first-order valence-electron chi connectivity index (χ1n) is 7.59. The van der Waals surface area contributed by atoms with Crippen LogP contribution in [0.25, 0.3) is 11.1 Å². The van der Waals surface area contributed by atoms with Gasteiger partial charge in [0.05, 0.1) is 16.8 Å². The zero-order valence-corrected chi connectivity index (χ0v) is 12.9. The van der Waals surface area contributed by atoms with E-state index in [1.54, 1.807) is 48.5 Å². The number of carbonyl (C=O) groups excluding carboxylic acids is 2. The molecule has 0 N–H and O–H groups in total. The third kappa shape index (κ3) is 2.50. The summed E-state index contributed by atoms with van der Waals surface area (Å²) in [6, 6.07) is 16.3. The molecular formula is C20H11F2NO2. The highest BCUT2D eigenvalue weighted by molar-refractivity contribution is 6.34. The number of rotatable bonds is 2. The standard InChI is InChI=1S/C20H11F2NO2/c21-14-9-13(10-15(22)11-14)12-5-7-16(8-6-12)23-19(24)17-3-1-2-4-18(17)20(23)25/h1-11H. The Morgan fingerprint density at radius 2 is 1.16 bits per heavy atom. The van der Waals surface area contributed by atoms with Crippen molar-refractivity contribution in [2.45, 2.75) is 0 Å². The Morgan fingerprint density at radius 3 is 1.68 bits per heavy atom. The minimum atomic E-state index is -0.667. The monoisotopic (exact) mass is 335 g/mol. The summed E-state index contributed by atoms with van der Waals surface area (Å²) in [5.74, 6) is -2.10. The van der Waals surface area contributed by atoms with E-state index in [4.69, 9.17) is 0 Å². The molecule has 1 aliphatic rings. The predicted molar refractivity (Wildman–Crippen MR) is 89.4 cm³/mol. The van der Waals surface area contributed by atoms with E-state index in [1.807, 2.05) is 0 Å². The number of amides is 2. The zero-order valence-electron chi connectivity index (χ0n) is 12.9. The number of hydrogen-bond acceptors (Lipinski definition) is 2. The number of anilines is 1. The fourth-order valence-electron chi connectivity index (χ4n) is 2.95. The SMILES string of the molecule is O=C1c2ccccc2C(=O)N1c1ccc(-c2cc(F)cc(F)c2)cc1. The van der Waals surface area contributed by atoms with E-state index in [-0.39, 0.29) is 11.8 Å². The van der Waals surface area contributed by atoms with Crippen LogP contribution in [0.1, 0.15) is 20.7 Å². The minimum Gasteiger partial charge on any atom is -0.268 e. The molecule has 0 saturated heterocycles. The van der Waals surface area contributed by atoms with Gasteiger partial charge < -0.3 is 0 Å². The van der Waals surface area contributed by atoms with Crippen LogP contribution in [-0.2, 0) is 0 Å². The van der Waals surface area contributed by atoms with Crippen LogP contribution < -0.4 is 4.90 Å². The van der Waals surface area contributed by atoms with Crippen LogP contribution in [0.5, 0.6) is 0 Å². The first kappa shape index (κ1) is 15.2. The van der Waals surface area contributed by atoms with Crippen molar-refractivity contribution in [2.24, 2.45) is 0 Å². The van der Waals surface area contributed by atoms with Gasteiger partial charge in [-0.2, -0.15) is 0 Å². The van der Waals surface area contributed by atoms with Crippen LogP contribution >= 0.6 is 0 Å². The Kier molecular flexibility index (Phi) is 3.42. The summed E-state index contributed by atoms with van der Waals surface area (Å²) in [6.45, 7) is 0. The normalized spacial score (nSPS) is 13.3. The molecule has 4 rings (SSSR count). The fraction of sp³-hybridized carbons (Fsp3) is 0. The van der Waals surface area contributed by atoms with Gasteiger partial charge in [0.2, 0.25) is 0 Å². The maximum Gasteiger partial charge on any atom is 0.266 e. The molecule has 3 nitrogen and oxygen atoms in total. The third-order valence-corrected chi connectivity index (χ3v) is 4.12. The molecule has 0 atom stereocenters. The van der Waals surface area contributed by atoms with Crippen LogP contribution in [0.3, 0.4) is 0 Å². The molecule has 5 heteroatoms. The molecule has 0 bridgehead atoms. The number of fused-ring (bicyclic) bond motifs is 1. The molecule has 0 saturated carbocycles. The summed E-state index contributed by atoms with van der Waals surface area (Å²) < 4.78 is 26.7. The Bertz CT molecular complexity index is 957. The molecule has 3 aromatic rings. The minimum absolute atomic E-state index is 0.365. The van der Waals surface area contributed by atoms with Crippen LogP contribution in [-0.4, -0.2) is 11.8 Å².